The van der Waals surface area contributed by atoms with Crippen LogP contribution < -0.4 is 5.73 Å². The van der Waals surface area contributed by atoms with Crippen LogP contribution in [-0.4, -0.2) is 35.6 Å². The van der Waals surface area contributed by atoms with Crippen molar-refractivity contribution in [2.75, 3.05) is 18.8 Å². The number of piperidine rings is 1. The van der Waals surface area contributed by atoms with Crippen LogP contribution in [0.5, 0.6) is 0 Å². The molecule has 3 rings (SSSR count). The van der Waals surface area contributed by atoms with Crippen molar-refractivity contribution in [2.45, 2.75) is 30.1 Å². The Kier molecular flexibility index (Phi) is 5.67. The molecule has 0 spiro atoms. The molecule has 26 heavy (non-hydrogen) atoms. The van der Waals surface area contributed by atoms with Crippen molar-refractivity contribution in [1.82, 2.24) is 4.90 Å². The summed E-state index contributed by atoms with van der Waals surface area (Å²) in [7, 11) is 0. The van der Waals surface area contributed by atoms with Gasteiger partial charge in [0.05, 0.1) is 11.2 Å². The van der Waals surface area contributed by atoms with Crippen LogP contribution in [0.15, 0.2) is 59.5 Å². The van der Waals surface area contributed by atoms with Crippen molar-refractivity contribution >= 4 is 23.6 Å². The van der Waals surface area contributed by atoms with E-state index < -0.39 is 5.41 Å². The summed E-state index contributed by atoms with van der Waals surface area (Å²) in [5, 5.41) is 0. The van der Waals surface area contributed by atoms with E-state index in [9.17, 15) is 9.59 Å². The minimum atomic E-state index is -0.672. The van der Waals surface area contributed by atoms with Crippen molar-refractivity contribution in [2.24, 2.45) is 5.73 Å². The summed E-state index contributed by atoms with van der Waals surface area (Å²) in [6.07, 6.45) is 1.16. The number of nitrogens with two attached hydrogens (primary N) is 1. The predicted molar refractivity (Wildman–Crippen MR) is 105 cm³/mol. The monoisotopic (exact) mass is 368 g/mol. The van der Waals surface area contributed by atoms with Gasteiger partial charge in [0.25, 0.3) is 0 Å². The third-order valence-electron chi connectivity index (χ3n) is 5.21. The number of rotatable bonds is 5. The Bertz CT molecular complexity index is 784. The number of nitrogens with zero attached hydrogens (tertiary/aromatic N) is 1. The van der Waals surface area contributed by atoms with Gasteiger partial charge in [-0.3, -0.25) is 9.59 Å². The quantitative estimate of drug-likeness (QED) is 0.825. The summed E-state index contributed by atoms with van der Waals surface area (Å²) in [6, 6.07) is 17.8. The van der Waals surface area contributed by atoms with Crippen LogP contribution in [-0.2, 0) is 15.0 Å². The van der Waals surface area contributed by atoms with E-state index in [1.165, 1.54) is 0 Å². The zero-order valence-electron chi connectivity index (χ0n) is 15.0. The van der Waals surface area contributed by atoms with Crippen LogP contribution in [0.25, 0.3) is 0 Å². The molecule has 2 aromatic rings. The third kappa shape index (κ3) is 3.78. The number of benzene rings is 2. The lowest BCUT2D eigenvalue weighted by molar-refractivity contribution is -0.133. The Morgan fingerprint density at radius 1 is 1.04 bits per heavy atom. The SMILES string of the molecule is Cc1ccccc1C1(C(N)=O)CCN(C(=O)CSc2ccccc2)CC1. The minimum absolute atomic E-state index is 0.113. The summed E-state index contributed by atoms with van der Waals surface area (Å²) in [6.45, 7) is 3.13. The molecule has 0 aliphatic carbocycles. The summed E-state index contributed by atoms with van der Waals surface area (Å²) in [5.74, 6) is 0.233. The van der Waals surface area contributed by atoms with Gasteiger partial charge in [0.2, 0.25) is 11.8 Å². The zero-order chi connectivity index (χ0) is 18.6. The Labute approximate surface area is 158 Å². The van der Waals surface area contributed by atoms with Crippen LogP contribution in [0.2, 0.25) is 0 Å². The number of carbonyl (C=O) groups is 2. The normalized spacial score (nSPS) is 16.3. The predicted octanol–water partition coefficient (Wildman–Crippen LogP) is 3.13. The van der Waals surface area contributed by atoms with Gasteiger partial charge in [0, 0.05) is 18.0 Å². The molecule has 0 unspecified atom stereocenters. The van der Waals surface area contributed by atoms with E-state index in [-0.39, 0.29) is 11.8 Å². The van der Waals surface area contributed by atoms with Crippen LogP contribution in [0.1, 0.15) is 24.0 Å². The van der Waals surface area contributed by atoms with Gasteiger partial charge in [0.1, 0.15) is 0 Å². The molecule has 1 fully saturated rings. The van der Waals surface area contributed by atoms with E-state index >= 15 is 0 Å². The Morgan fingerprint density at radius 2 is 1.65 bits per heavy atom. The smallest absolute Gasteiger partial charge is 0.232 e. The zero-order valence-corrected chi connectivity index (χ0v) is 15.8. The molecule has 2 amide bonds. The second kappa shape index (κ2) is 7.96. The largest absolute Gasteiger partial charge is 0.369 e. The van der Waals surface area contributed by atoms with E-state index in [1.54, 1.807) is 11.8 Å². The maximum atomic E-state index is 12.5. The highest BCUT2D eigenvalue weighted by molar-refractivity contribution is 8.00. The van der Waals surface area contributed by atoms with Crippen molar-refractivity contribution in [3.63, 3.8) is 0 Å². The minimum Gasteiger partial charge on any atom is -0.369 e. The molecule has 136 valence electrons. The molecule has 1 heterocycles. The summed E-state index contributed by atoms with van der Waals surface area (Å²) in [4.78, 5) is 27.8. The first-order valence-corrected chi connectivity index (χ1v) is 9.83. The average molecular weight is 369 g/mol. The lowest BCUT2D eigenvalue weighted by Gasteiger charge is -2.40. The van der Waals surface area contributed by atoms with E-state index in [4.69, 9.17) is 5.73 Å². The standard InChI is InChI=1S/C21H24N2O2S/c1-16-7-5-6-10-18(16)21(20(22)25)11-13-23(14-12-21)19(24)15-26-17-8-3-2-4-9-17/h2-10H,11-15H2,1H3,(H2,22,25). The summed E-state index contributed by atoms with van der Waals surface area (Å²) >= 11 is 1.54. The molecule has 0 radical (unpaired) electrons. The molecular weight excluding hydrogens is 344 g/mol. The van der Waals surface area contributed by atoms with Gasteiger partial charge in [-0.25, -0.2) is 0 Å². The molecule has 4 nitrogen and oxygen atoms in total. The van der Waals surface area contributed by atoms with Crippen LogP contribution >= 0.6 is 11.8 Å². The van der Waals surface area contributed by atoms with Gasteiger partial charge in [-0.05, 0) is 43.0 Å². The number of primary amides is 1. The summed E-state index contributed by atoms with van der Waals surface area (Å²) in [5.41, 5.74) is 7.21. The van der Waals surface area contributed by atoms with Crippen LogP contribution in [0, 0.1) is 6.92 Å². The maximum Gasteiger partial charge on any atom is 0.232 e. The lowest BCUT2D eigenvalue weighted by atomic mass is 9.70. The lowest BCUT2D eigenvalue weighted by Crippen LogP contribution is -2.52. The van der Waals surface area contributed by atoms with Crippen molar-refractivity contribution in [3.8, 4) is 0 Å². The molecule has 0 saturated carbocycles. The second-order valence-electron chi connectivity index (χ2n) is 6.74. The van der Waals surface area contributed by atoms with Crippen LogP contribution in [0.3, 0.4) is 0 Å². The van der Waals surface area contributed by atoms with E-state index in [0.717, 1.165) is 16.0 Å². The van der Waals surface area contributed by atoms with Gasteiger partial charge < -0.3 is 10.6 Å². The molecule has 0 bridgehead atoms. The number of carbonyl (C=O) groups excluding carboxylic acids is 2. The fourth-order valence-corrected chi connectivity index (χ4v) is 4.47. The van der Waals surface area contributed by atoms with Crippen molar-refractivity contribution in [1.29, 1.82) is 0 Å². The first-order valence-electron chi connectivity index (χ1n) is 8.84. The van der Waals surface area contributed by atoms with Gasteiger partial charge in [-0.15, -0.1) is 11.8 Å². The van der Waals surface area contributed by atoms with Gasteiger partial charge in [-0.2, -0.15) is 0 Å². The fraction of sp³-hybridized carbons (Fsp3) is 0.333. The van der Waals surface area contributed by atoms with Crippen molar-refractivity contribution < 1.29 is 9.59 Å². The van der Waals surface area contributed by atoms with Crippen molar-refractivity contribution in [3.05, 3.63) is 65.7 Å². The van der Waals surface area contributed by atoms with E-state index in [2.05, 4.69) is 0 Å². The molecule has 1 aliphatic heterocycles. The van der Waals surface area contributed by atoms with Crippen LogP contribution in [0.4, 0.5) is 0 Å². The molecule has 2 aromatic carbocycles. The number of hydrogen-bond acceptors (Lipinski definition) is 3. The van der Waals surface area contributed by atoms with Gasteiger partial charge in [0.15, 0.2) is 0 Å². The third-order valence-corrected chi connectivity index (χ3v) is 6.20. The first-order chi connectivity index (χ1) is 12.5. The Balaban J connectivity index is 1.66. The topological polar surface area (TPSA) is 63.4 Å². The molecule has 1 saturated heterocycles. The number of hydrogen-bond donors (Lipinski definition) is 1. The fourth-order valence-electron chi connectivity index (χ4n) is 3.65. The number of likely N-dealkylation sites (tertiary alicyclic amines) is 1. The number of amides is 2. The highest BCUT2D eigenvalue weighted by Crippen LogP contribution is 2.37. The van der Waals surface area contributed by atoms with E-state index in [1.807, 2.05) is 66.4 Å². The van der Waals surface area contributed by atoms with Gasteiger partial charge >= 0.3 is 0 Å². The average Bonchev–Trinajstić information content (AvgIpc) is 2.67. The maximum absolute atomic E-state index is 12.5. The molecule has 1 aliphatic rings. The molecule has 5 heteroatoms. The molecular formula is C21H24N2O2S. The Hall–Kier alpha value is -2.27. The molecule has 2 N–H and O–H groups in total. The number of thioether (sulfide) groups is 1. The Morgan fingerprint density at radius 3 is 2.27 bits per heavy atom. The summed E-state index contributed by atoms with van der Waals surface area (Å²) < 4.78 is 0. The first kappa shape index (κ1) is 18.5. The number of aryl methyl sites for hydroxylation is 1. The van der Waals surface area contributed by atoms with Gasteiger partial charge in [-0.1, -0.05) is 42.5 Å². The van der Waals surface area contributed by atoms with E-state index in [0.29, 0.717) is 31.7 Å². The highest BCUT2D eigenvalue weighted by Gasteiger charge is 2.43. The highest BCUT2D eigenvalue weighted by atomic mass is 32.2. The molecule has 0 atom stereocenters. The molecule has 0 aromatic heterocycles. The second-order valence-corrected chi connectivity index (χ2v) is 7.79.